The fourth-order valence-electron chi connectivity index (χ4n) is 2.16. The first kappa shape index (κ1) is 4.78. The molecular weight excluding hydrogens is 244 g/mol. The molecule has 0 aliphatic rings. The van der Waals surface area contributed by atoms with Crippen molar-refractivity contribution < 1.29 is 19.5 Å². The number of rotatable bonds is 1. The summed E-state index contributed by atoms with van der Waals surface area (Å²) in [5.41, 5.74) is -0.521. The number of para-hydroxylation sites is 1. The minimum absolute atomic E-state index is 0.00445. The van der Waals surface area contributed by atoms with Gasteiger partial charge in [-0.1, -0.05) is 60.4 Å². The summed E-state index contributed by atoms with van der Waals surface area (Å²) in [6.07, 6.45) is 0. The first-order valence-electron chi connectivity index (χ1n) is 11.4. The lowest BCUT2D eigenvalue weighted by molar-refractivity contribution is 0.666. The standard InChI is InChI=1S/C19H14O/c1-13-11-12-15(14-7-3-2-4-8-14)18-16-9-5-6-10-17(16)20-19(13)18/h2-12H,1H3/i2D,3D,4D,5D,6D,7D,8D,9D,10D,11D,12D. The molecule has 4 rings (SSSR count). The smallest absolute Gasteiger partial charge is 0.138 e. The van der Waals surface area contributed by atoms with Crippen LogP contribution >= 0.6 is 0 Å². The van der Waals surface area contributed by atoms with Crippen LogP contribution in [0.5, 0.6) is 0 Å². The molecule has 0 spiro atoms. The van der Waals surface area contributed by atoms with Gasteiger partial charge in [-0.3, -0.25) is 0 Å². The van der Waals surface area contributed by atoms with Gasteiger partial charge >= 0.3 is 0 Å². The SMILES string of the molecule is [2H]c1c([2H])c([2H])c(-c2c([2H])c([2H])c(C)c3oc4c([2H])c([2H])c([2H])c([2H])c4c23)c([2H])c1[2H]. The maximum Gasteiger partial charge on any atom is 0.138 e. The van der Waals surface area contributed by atoms with Crippen LogP contribution in [-0.2, 0) is 0 Å². The van der Waals surface area contributed by atoms with E-state index in [1.807, 2.05) is 0 Å². The lowest BCUT2D eigenvalue weighted by atomic mass is 9.98. The molecule has 0 N–H and O–H groups in total. The summed E-state index contributed by atoms with van der Waals surface area (Å²) in [6.45, 7) is 1.49. The molecule has 1 aromatic heterocycles. The summed E-state index contributed by atoms with van der Waals surface area (Å²) in [6, 6.07) is -5.70. The van der Waals surface area contributed by atoms with Crippen LogP contribution in [0.15, 0.2) is 70.9 Å². The van der Waals surface area contributed by atoms with Crippen molar-refractivity contribution in [3.63, 3.8) is 0 Å². The van der Waals surface area contributed by atoms with E-state index in [9.17, 15) is 0 Å². The highest BCUT2D eigenvalue weighted by Crippen LogP contribution is 2.37. The van der Waals surface area contributed by atoms with E-state index >= 15 is 0 Å². The number of benzene rings is 3. The Morgan fingerprint density at radius 1 is 0.850 bits per heavy atom. The molecule has 0 bridgehead atoms. The van der Waals surface area contributed by atoms with Gasteiger partial charge in [0.2, 0.25) is 0 Å². The second-order valence-electron chi connectivity index (χ2n) is 4.26. The van der Waals surface area contributed by atoms with E-state index in [-0.39, 0.29) is 44.7 Å². The summed E-state index contributed by atoms with van der Waals surface area (Å²) in [5.74, 6) is 0. The van der Waals surface area contributed by atoms with Crippen LogP contribution in [0.3, 0.4) is 0 Å². The Bertz CT molecular complexity index is 1420. The maximum absolute atomic E-state index is 8.52. The van der Waals surface area contributed by atoms with Crippen LogP contribution in [0.4, 0.5) is 0 Å². The summed E-state index contributed by atoms with van der Waals surface area (Å²) < 4.78 is 95.3. The van der Waals surface area contributed by atoms with Crippen molar-refractivity contribution in [1.29, 1.82) is 0 Å². The molecule has 1 heteroatoms. The first-order valence-corrected chi connectivity index (χ1v) is 5.91. The van der Waals surface area contributed by atoms with Gasteiger partial charge in [0.05, 0.1) is 15.1 Å². The predicted octanol–water partition coefficient (Wildman–Crippen LogP) is 5.56. The average Bonchev–Trinajstić information content (AvgIpc) is 3.14. The van der Waals surface area contributed by atoms with Crippen molar-refractivity contribution in [1.82, 2.24) is 0 Å². The monoisotopic (exact) mass is 269 g/mol. The van der Waals surface area contributed by atoms with Crippen molar-refractivity contribution >= 4 is 21.9 Å². The summed E-state index contributed by atoms with van der Waals surface area (Å²) in [7, 11) is 0. The topological polar surface area (TPSA) is 13.1 Å². The zero-order valence-corrected chi connectivity index (χ0v) is 10.4. The molecule has 1 heterocycles. The minimum atomic E-state index is -0.620. The normalized spacial score (nSPS) is 18.9. The molecule has 0 radical (unpaired) electrons. The first-order chi connectivity index (χ1) is 14.4. The Morgan fingerprint density at radius 2 is 1.60 bits per heavy atom. The molecule has 20 heavy (non-hydrogen) atoms. The molecule has 0 saturated carbocycles. The van der Waals surface area contributed by atoms with E-state index in [1.165, 1.54) is 6.92 Å². The Kier molecular flexibility index (Phi) is 1.01. The van der Waals surface area contributed by atoms with Gasteiger partial charge in [-0.05, 0) is 29.7 Å². The zero-order valence-electron chi connectivity index (χ0n) is 21.4. The Hall–Kier alpha value is -2.54. The van der Waals surface area contributed by atoms with Crippen molar-refractivity contribution in [3.05, 3.63) is 72.0 Å². The zero-order chi connectivity index (χ0) is 23.1. The van der Waals surface area contributed by atoms with Crippen molar-refractivity contribution in [2.24, 2.45) is 0 Å². The molecule has 0 unspecified atom stereocenters. The van der Waals surface area contributed by atoms with Gasteiger partial charge in [-0.15, -0.1) is 0 Å². The van der Waals surface area contributed by atoms with Gasteiger partial charge in [0.25, 0.3) is 0 Å². The largest absolute Gasteiger partial charge is 0.456 e. The quantitative estimate of drug-likeness (QED) is 0.441. The third-order valence-electron chi connectivity index (χ3n) is 3.05. The van der Waals surface area contributed by atoms with Crippen LogP contribution < -0.4 is 0 Å². The van der Waals surface area contributed by atoms with Crippen molar-refractivity contribution in [2.75, 3.05) is 0 Å². The maximum atomic E-state index is 8.52. The molecular formula is C19H14O. The number of aryl methyl sites for hydroxylation is 1. The molecule has 0 saturated heterocycles. The average molecular weight is 269 g/mol. The van der Waals surface area contributed by atoms with Gasteiger partial charge in [-0.2, -0.15) is 0 Å². The molecule has 1 nitrogen and oxygen atoms in total. The summed E-state index contributed by atoms with van der Waals surface area (Å²) in [4.78, 5) is 0. The molecule has 0 atom stereocenters. The van der Waals surface area contributed by atoms with E-state index < -0.39 is 60.4 Å². The van der Waals surface area contributed by atoms with Gasteiger partial charge < -0.3 is 4.42 Å². The van der Waals surface area contributed by atoms with Gasteiger partial charge in [0.15, 0.2) is 0 Å². The van der Waals surface area contributed by atoms with E-state index in [0.717, 1.165) is 0 Å². The highest BCUT2D eigenvalue weighted by Gasteiger charge is 2.13. The highest BCUT2D eigenvalue weighted by atomic mass is 16.3. The van der Waals surface area contributed by atoms with Crippen molar-refractivity contribution in [2.45, 2.75) is 6.92 Å². The molecule has 0 fully saturated rings. The lowest BCUT2D eigenvalue weighted by Gasteiger charge is -2.05. The van der Waals surface area contributed by atoms with E-state index in [4.69, 9.17) is 19.5 Å². The second kappa shape index (κ2) is 4.24. The molecule has 0 amide bonds. The molecule has 3 aromatic carbocycles. The molecule has 4 aromatic rings. The summed E-state index contributed by atoms with van der Waals surface area (Å²) in [5, 5.41) is -0.0570. The Morgan fingerprint density at radius 3 is 2.45 bits per heavy atom. The van der Waals surface area contributed by atoms with Gasteiger partial charge in [0, 0.05) is 10.8 Å². The highest BCUT2D eigenvalue weighted by molar-refractivity contribution is 6.13. The van der Waals surface area contributed by atoms with Gasteiger partial charge in [-0.25, -0.2) is 0 Å². The van der Waals surface area contributed by atoms with Crippen LogP contribution in [0.25, 0.3) is 33.1 Å². The fraction of sp³-hybridized carbons (Fsp3) is 0.0526. The third kappa shape index (κ3) is 1.56. The Labute approximate surface area is 132 Å². The van der Waals surface area contributed by atoms with Gasteiger partial charge in [0.1, 0.15) is 11.2 Å². The number of furan rings is 1. The van der Waals surface area contributed by atoms with Crippen LogP contribution in [0, 0.1) is 6.92 Å². The second-order valence-corrected chi connectivity index (χ2v) is 4.26. The van der Waals surface area contributed by atoms with E-state index in [2.05, 4.69) is 0 Å². The predicted molar refractivity (Wildman–Crippen MR) is 83.9 cm³/mol. The molecule has 0 aliphatic heterocycles. The lowest BCUT2D eigenvalue weighted by Crippen LogP contribution is -1.81. The fourth-order valence-corrected chi connectivity index (χ4v) is 2.16. The minimum Gasteiger partial charge on any atom is -0.456 e. The van der Waals surface area contributed by atoms with Crippen LogP contribution in [0.2, 0.25) is 0 Å². The molecule has 0 aliphatic carbocycles. The van der Waals surface area contributed by atoms with Crippen molar-refractivity contribution in [3.8, 4) is 11.1 Å². The Balaban J connectivity index is 2.40. The number of hydrogen-bond donors (Lipinski definition) is 0. The molecule has 96 valence electrons. The number of fused-ring (bicyclic) bond motifs is 3. The van der Waals surface area contributed by atoms with E-state index in [0.29, 0.717) is 0 Å². The summed E-state index contributed by atoms with van der Waals surface area (Å²) >= 11 is 0. The number of hydrogen-bond acceptors (Lipinski definition) is 1. The van der Waals surface area contributed by atoms with E-state index in [1.54, 1.807) is 0 Å². The third-order valence-corrected chi connectivity index (χ3v) is 3.05. The van der Waals surface area contributed by atoms with Crippen LogP contribution in [0.1, 0.15) is 20.6 Å². The van der Waals surface area contributed by atoms with Crippen LogP contribution in [-0.4, -0.2) is 0 Å².